The van der Waals surface area contributed by atoms with Gasteiger partial charge in [-0.1, -0.05) is 0 Å². The van der Waals surface area contributed by atoms with Crippen LogP contribution in [0.3, 0.4) is 0 Å². The van der Waals surface area contributed by atoms with Gasteiger partial charge < -0.3 is 14.7 Å². The second-order valence-corrected chi connectivity index (χ2v) is 6.51. The van der Waals surface area contributed by atoms with Crippen molar-refractivity contribution >= 4 is 35.1 Å². The van der Waals surface area contributed by atoms with E-state index in [0.29, 0.717) is 0 Å². The average Bonchev–Trinajstić information content (AvgIpc) is 3.37. The number of H-pyrrole nitrogens is 2. The Bertz CT molecular complexity index is 1210. The van der Waals surface area contributed by atoms with Crippen LogP contribution in [0.15, 0.2) is 57.8 Å². The summed E-state index contributed by atoms with van der Waals surface area (Å²) in [6.07, 6.45) is 9.95. The van der Waals surface area contributed by atoms with Crippen molar-refractivity contribution in [2.45, 2.75) is 12.8 Å². The first-order chi connectivity index (χ1) is 12.3. The van der Waals surface area contributed by atoms with Gasteiger partial charge in [0.25, 0.3) is 0 Å². The molecule has 6 heterocycles. The Balaban J connectivity index is 1.75. The molecule has 25 heavy (non-hydrogen) atoms. The van der Waals surface area contributed by atoms with Crippen LogP contribution in [-0.2, 0) is 4.74 Å². The first-order valence-corrected chi connectivity index (χ1v) is 8.40. The smallest absolute Gasteiger partial charge is 0.176 e. The SMILES string of the molecule is C1=C/C2=C/c3ccc([nH]3)/C3=C4/CCC(=N4)/C=c4/cc/c([nH]4)=C(\O3)C1=N2. The lowest BCUT2D eigenvalue weighted by atomic mass is 10.2. The maximum atomic E-state index is 6.46. The van der Waals surface area contributed by atoms with Crippen molar-refractivity contribution in [2.24, 2.45) is 9.98 Å². The summed E-state index contributed by atoms with van der Waals surface area (Å²) in [4.78, 5) is 16.4. The maximum absolute atomic E-state index is 6.46. The Morgan fingerprint density at radius 2 is 1.88 bits per heavy atom. The van der Waals surface area contributed by atoms with E-state index >= 15 is 0 Å². The second-order valence-electron chi connectivity index (χ2n) is 6.51. The Hall–Kier alpha value is -3.34. The number of aliphatic imine (C=N–C) groups is 2. The minimum absolute atomic E-state index is 0.727. The molecule has 0 aliphatic carbocycles. The molecule has 0 aromatic carbocycles. The topological polar surface area (TPSA) is 65.5 Å². The first kappa shape index (κ1) is 13.0. The van der Waals surface area contributed by atoms with E-state index in [1.54, 1.807) is 0 Å². The molecule has 0 spiro atoms. The summed E-state index contributed by atoms with van der Waals surface area (Å²) >= 11 is 0. The molecule has 0 fully saturated rings. The summed E-state index contributed by atoms with van der Waals surface area (Å²) in [6, 6.07) is 8.18. The van der Waals surface area contributed by atoms with Gasteiger partial charge in [-0.15, -0.1) is 0 Å². The van der Waals surface area contributed by atoms with Gasteiger partial charge in [-0.25, -0.2) is 4.99 Å². The van der Waals surface area contributed by atoms with Gasteiger partial charge >= 0.3 is 0 Å². The standard InChI is InChI=1S/C20H14N4O/c1-5-15-19-16-7-3-13(23-16)10-14-4-8-18(24-14)20(25-19)17-6-2-12(22-17)9-11(1)21-15/h1-3,5-7,9-10,22-23H,4,8H2/b11-9-,12-9?,13-10-,14-10?,19-15?,19-16+,20-17?,20-18+. The van der Waals surface area contributed by atoms with Crippen molar-refractivity contribution in [3.63, 3.8) is 0 Å². The number of ether oxygens (including phenoxy) is 1. The molecule has 0 amide bonds. The zero-order valence-corrected chi connectivity index (χ0v) is 13.3. The van der Waals surface area contributed by atoms with Gasteiger partial charge in [-0.2, -0.15) is 0 Å². The Labute approximate surface area is 143 Å². The lowest BCUT2D eigenvalue weighted by molar-refractivity contribution is 0.467. The molecule has 0 radical (unpaired) electrons. The molecule has 0 saturated heterocycles. The summed E-state index contributed by atoms with van der Waals surface area (Å²) in [5, 5.41) is 1.95. The van der Waals surface area contributed by atoms with Gasteiger partial charge in [-0.05, 0) is 61.4 Å². The molecule has 0 unspecified atom stereocenters. The molecule has 2 aromatic heterocycles. The van der Waals surface area contributed by atoms with E-state index in [1.165, 1.54) is 0 Å². The van der Waals surface area contributed by atoms with Crippen LogP contribution in [0.2, 0.25) is 0 Å². The summed E-state index contributed by atoms with van der Waals surface area (Å²) in [5.41, 5.74) is 5.74. The number of hydrogen-bond acceptors (Lipinski definition) is 3. The number of hydrogen-bond donors (Lipinski definition) is 2. The molecule has 6 rings (SSSR count). The van der Waals surface area contributed by atoms with Crippen LogP contribution >= 0.6 is 0 Å². The normalized spacial score (nSPS) is 28.3. The molecule has 0 atom stereocenters. The van der Waals surface area contributed by atoms with Crippen molar-refractivity contribution in [3.05, 3.63) is 69.9 Å². The van der Waals surface area contributed by atoms with Crippen LogP contribution in [0.1, 0.15) is 24.2 Å². The molecule has 5 heteroatoms. The third kappa shape index (κ3) is 1.96. The van der Waals surface area contributed by atoms with Crippen LogP contribution in [0.25, 0.3) is 23.7 Å². The Morgan fingerprint density at radius 1 is 0.880 bits per heavy atom. The van der Waals surface area contributed by atoms with E-state index < -0.39 is 0 Å². The molecule has 10 bridgehead atoms. The lowest BCUT2D eigenvalue weighted by Crippen LogP contribution is -2.19. The molecule has 2 aromatic rings. The summed E-state index contributed by atoms with van der Waals surface area (Å²) in [7, 11) is 0. The molecule has 0 saturated carbocycles. The van der Waals surface area contributed by atoms with Crippen LogP contribution in [-0.4, -0.2) is 21.4 Å². The quantitative estimate of drug-likeness (QED) is 0.717. The minimum Gasteiger partial charge on any atom is -0.449 e. The van der Waals surface area contributed by atoms with E-state index in [1.807, 2.05) is 36.4 Å². The number of fused-ring (bicyclic) bond motifs is 10. The zero-order chi connectivity index (χ0) is 16.4. The highest BCUT2D eigenvalue weighted by Gasteiger charge is 2.24. The van der Waals surface area contributed by atoms with Crippen LogP contribution < -0.4 is 10.7 Å². The van der Waals surface area contributed by atoms with Crippen LogP contribution in [0.4, 0.5) is 0 Å². The van der Waals surface area contributed by atoms with Gasteiger partial charge in [-0.3, -0.25) is 4.99 Å². The Morgan fingerprint density at radius 3 is 2.88 bits per heavy atom. The fourth-order valence-electron chi connectivity index (χ4n) is 3.60. The summed E-state index contributed by atoms with van der Waals surface area (Å²) in [5.74, 6) is 1.51. The van der Waals surface area contributed by atoms with Gasteiger partial charge in [0.05, 0.1) is 22.4 Å². The van der Waals surface area contributed by atoms with Crippen molar-refractivity contribution < 1.29 is 4.74 Å². The van der Waals surface area contributed by atoms with Crippen LogP contribution in [0, 0.1) is 0 Å². The molecule has 4 aliphatic heterocycles. The second kappa shape index (κ2) is 4.60. The van der Waals surface area contributed by atoms with Crippen molar-refractivity contribution in [3.8, 4) is 0 Å². The van der Waals surface area contributed by atoms with E-state index in [2.05, 4.69) is 22.1 Å². The number of allylic oxidation sites excluding steroid dienone is 2. The van der Waals surface area contributed by atoms with Crippen molar-refractivity contribution in [1.29, 1.82) is 0 Å². The maximum Gasteiger partial charge on any atom is 0.176 e. The van der Waals surface area contributed by atoms with Crippen molar-refractivity contribution in [2.75, 3.05) is 0 Å². The largest absolute Gasteiger partial charge is 0.449 e. The van der Waals surface area contributed by atoms with Gasteiger partial charge in [0.15, 0.2) is 11.5 Å². The highest BCUT2D eigenvalue weighted by molar-refractivity contribution is 6.24. The Kier molecular flexibility index (Phi) is 2.39. The first-order valence-electron chi connectivity index (χ1n) is 8.40. The van der Waals surface area contributed by atoms with Crippen molar-refractivity contribution in [1.82, 2.24) is 9.97 Å². The van der Waals surface area contributed by atoms with E-state index in [4.69, 9.17) is 14.7 Å². The van der Waals surface area contributed by atoms with Gasteiger partial charge in [0.2, 0.25) is 0 Å². The molecule has 2 N–H and O–H groups in total. The van der Waals surface area contributed by atoms with E-state index in [0.717, 1.165) is 69.3 Å². The number of aromatic nitrogens is 2. The summed E-state index contributed by atoms with van der Waals surface area (Å²) < 4.78 is 6.46. The highest BCUT2D eigenvalue weighted by Crippen LogP contribution is 2.33. The number of nitrogens with one attached hydrogen (secondary N) is 2. The van der Waals surface area contributed by atoms with Crippen LogP contribution in [0.5, 0.6) is 0 Å². The number of aromatic amines is 2. The molecule has 4 aliphatic rings. The van der Waals surface area contributed by atoms with E-state index in [-0.39, 0.29) is 0 Å². The van der Waals surface area contributed by atoms with Gasteiger partial charge in [0, 0.05) is 16.8 Å². The average molecular weight is 326 g/mol. The molecule has 5 nitrogen and oxygen atoms in total. The highest BCUT2D eigenvalue weighted by atomic mass is 16.5. The minimum atomic E-state index is 0.727. The number of rotatable bonds is 0. The molecular formula is C20H14N4O. The third-order valence-corrected chi connectivity index (χ3v) is 4.79. The van der Waals surface area contributed by atoms with Gasteiger partial charge in [0.1, 0.15) is 5.71 Å². The summed E-state index contributed by atoms with van der Waals surface area (Å²) in [6.45, 7) is 0. The predicted molar refractivity (Wildman–Crippen MR) is 97.9 cm³/mol. The molecular weight excluding hydrogens is 312 g/mol. The predicted octanol–water partition coefficient (Wildman–Crippen LogP) is 2.23. The fourth-order valence-corrected chi connectivity index (χ4v) is 3.60. The number of nitrogens with zero attached hydrogens (tertiary/aromatic N) is 2. The zero-order valence-electron chi connectivity index (χ0n) is 13.3. The van der Waals surface area contributed by atoms with E-state index in [9.17, 15) is 0 Å². The lowest BCUT2D eigenvalue weighted by Gasteiger charge is -2.14. The monoisotopic (exact) mass is 326 g/mol. The third-order valence-electron chi connectivity index (χ3n) is 4.79. The fraction of sp³-hybridized carbons (Fsp3) is 0.100. The molecule has 120 valence electrons.